The van der Waals surface area contributed by atoms with Crippen molar-refractivity contribution in [3.63, 3.8) is 0 Å². The number of carbonyl (C=O) groups is 2. The molecule has 5 rings (SSSR count). The Bertz CT molecular complexity index is 1110. The van der Waals surface area contributed by atoms with E-state index in [9.17, 15) is 9.59 Å². The first-order valence-corrected chi connectivity index (χ1v) is 10.1. The summed E-state index contributed by atoms with van der Waals surface area (Å²) < 4.78 is 0. The minimum Gasteiger partial charge on any atom is -0.267 e. The number of benzene rings is 4. The standard InChI is InChI=1S/C27H20N2O2/c30-25-23-18-10-11-19-24(23)26(31)29(25)28-27(20-12-4-1-5-13-20,21-14-6-2-7-15-21)22-16-8-3-9-17-22/h1-19,28H. The molecule has 0 aliphatic carbocycles. The Morgan fingerprint density at radius 3 is 1.16 bits per heavy atom. The summed E-state index contributed by atoms with van der Waals surface area (Å²) in [6.45, 7) is 0. The number of fused-ring (bicyclic) bond motifs is 1. The number of nitrogens with zero attached hydrogens (tertiary/aromatic N) is 1. The van der Waals surface area contributed by atoms with Crippen LogP contribution < -0.4 is 5.43 Å². The fraction of sp³-hybridized carbons (Fsp3) is 0.0370. The molecule has 4 nitrogen and oxygen atoms in total. The van der Waals surface area contributed by atoms with E-state index in [-0.39, 0.29) is 11.8 Å². The van der Waals surface area contributed by atoms with E-state index in [0.29, 0.717) is 11.1 Å². The highest BCUT2D eigenvalue weighted by Gasteiger charge is 2.44. The van der Waals surface area contributed by atoms with Crippen molar-refractivity contribution in [2.45, 2.75) is 5.54 Å². The van der Waals surface area contributed by atoms with Crippen LogP contribution in [0.1, 0.15) is 37.4 Å². The minimum absolute atomic E-state index is 0.354. The van der Waals surface area contributed by atoms with Gasteiger partial charge in [0.15, 0.2) is 0 Å². The van der Waals surface area contributed by atoms with E-state index in [2.05, 4.69) is 5.43 Å². The highest BCUT2D eigenvalue weighted by atomic mass is 16.2. The topological polar surface area (TPSA) is 49.4 Å². The maximum atomic E-state index is 13.2. The van der Waals surface area contributed by atoms with Gasteiger partial charge in [-0.25, -0.2) is 10.4 Å². The lowest BCUT2D eigenvalue weighted by Gasteiger charge is -2.39. The molecular weight excluding hydrogens is 384 g/mol. The van der Waals surface area contributed by atoms with Crippen LogP contribution >= 0.6 is 0 Å². The summed E-state index contributed by atoms with van der Waals surface area (Å²) in [5.74, 6) is -0.708. The van der Waals surface area contributed by atoms with Gasteiger partial charge in [-0.2, -0.15) is 0 Å². The normalized spacial score (nSPS) is 13.4. The van der Waals surface area contributed by atoms with Crippen molar-refractivity contribution in [1.82, 2.24) is 10.4 Å². The third kappa shape index (κ3) is 3.05. The molecule has 1 aliphatic heterocycles. The first kappa shape index (κ1) is 19.0. The minimum atomic E-state index is -0.947. The Morgan fingerprint density at radius 1 is 0.484 bits per heavy atom. The lowest BCUT2D eigenvalue weighted by Crippen LogP contribution is -2.55. The molecule has 0 saturated heterocycles. The quantitative estimate of drug-likeness (QED) is 0.385. The van der Waals surface area contributed by atoms with Crippen LogP contribution in [0.4, 0.5) is 0 Å². The van der Waals surface area contributed by atoms with Gasteiger partial charge in [0.05, 0.1) is 11.1 Å². The maximum absolute atomic E-state index is 13.2. The Balaban J connectivity index is 1.74. The Labute approximate surface area is 180 Å². The lowest BCUT2D eigenvalue weighted by molar-refractivity contribution is 0.0508. The van der Waals surface area contributed by atoms with Crippen LogP contribution in [0, 0.1) is 0 Å². The molecule has 4 aromatic rings. The average Bonchev–Trinajstić information content (AvgIpc) is 3.09. The molecule has 2 amide bonds. The van der Waals surface area contributed by atoms with Crippen molar-refractivity contribution in [2.24, 2.45) is 0 Å². The van der Waals surface area contributed by atoms with Gasteiger partial charge in [0.2, 0.25) is 0 Å². The van der Waals surface area contributed by atoms with E-state index in [4.69, 9.17) is 0 Å². The largest absolute Gasteiger partial charge is 0.276 e. The van der Waals surface area contributed by atoms with Gasteiger partial charge in [0.1, 0.15) is 5.54 Å². The van der Waals surface area contributed by atoms with Gasteiger partial charge < -0.3 is 0 Å². The molecule has 0 fully saturated rings. The van der Waals surface area contributed by atoms with Gasteiger partial charge in [-0.05, 0) is 28.8 Å². The number of amides is 2. The Kier molecular flexibility index (Phi) is 4.69. The van der Waals surface area contributed by atoms with Crippen LogP contribution in [0.25, 0.3) is 0 Å². The van der Waals surface area contributed by atoms with Gasteiger partial charge in [-0.15, -0.1) is 0 Å². The molecular formula is C27H20N2O2. The summed E-state index contributed by atoms with van der Waals surface area (Å²) >= 11 is 0. The lowest BCUT2D eigenvalue weighted by atomic mass is 9.77. The molecule has 0 bridgehead atoms. The molecule has 1 aliphatic rings. The van der Waals surface area contributed by atoms with Gasteiger partial charge >= 0.3 is 0 Å². The second kappa shape index (κ2) is 7.67. The van der Waals surface area contributed by atoms with E-state index < -0.39 is 5.54 Å². The molecule has 0 radical (unpaired) electrons. The zero-order valence-electron chi connectivity index (χ0n) is 16.7. The second-order valence-corrected chi connectivity index (χ2v) is 7.45. The van der Waals surface area contributed by atoms with Crippen LogP contribution in [0.3, 0.4) is 0 Å². The van der Waals surface area contributed by atoms with Crippen LogP contribution in [0.5, 0.6) is 0 Å². The summed E-state index contributed by atoms with van der Waals surface area (Å²) in [5.41, 5.74) is 5.98. The highest BCUT2D eigenvalue weighted by molar-refractivity contribution is 6.21. The number of carbonyl (C=O) groups excluding carboxylic acids is 2. The molecule has 4 aromatic carbocycles. The fourth-order valence-corrected chi connectivity index (χ4v) is 4.22. The summed E-state index contributed by atoms with van der Waals surface area (Å²) in [7, 11) is 0. The van der Waals surface area contributed by atoms with Crippen LogP contribution in [0.15, 0.2) is 115 Å². The molecule has 4 heteroatoms. The average molecular weight is 404 g/mol. The van der Waals surface area contributed by atoms with Crippen molar-refractivity contribution in [1.29, 1.82) is 0 Å². The molecule has 1 heterocycles. The second-order valence-electron chi connectivity index (χ2n) is 7.45. The molecule has 0 spiro atoms. The van der Waals surface area contributed by atoms with Crippen molar-refractivity contribution in [3.05, 3.63) is 143 Å². The van der Waals surface area contributed by atoms with E-state index in [1.165, 1.54) is 0 Å². The summed E-state index contributed by atoms with van der Waals surface area (Å²) in [6, 6.07) is 36.5. The van der Waals surface area contributed by atoms with Gasteiger partial charge in [-0.1, -0.05) is 103 Å². The summed E-state index contributed by atoms with van der Waals surface area (Å²) in [6.07, 6.45) is 0. The van der Waals surface area contributed by atoms with Crippen molar-refractivity contribution >= 4 is 11.8 Å². The third-order valence-electron chi connectivity index (χ3n) is 5.69. The maximum Gasteiger partial charge on any atom is 0.276 e. The highest BCUT2D eigenvalue weighted by Crippen LogP contribution is 2.38. The van der Waals surface area contributed by atoms with E-state index >= 15 is 0 Å². The van der Waals surface area contributed by atoms with Crippen molar-refractivity contribution < 1.29 is 9.59 Å². The number of nitrogens with one attached hydrogen (secondary N) is 1. The summed E-state index contributed by atoms with van der Waals surface area (Å²) in [5, 5.41) is 1.15. The van der Waals surface area contributed by atoms with Crippen LogP contribution in [-0.4, -0.2) is 16.8 Å². The SMILES string of the molecule is O=C1c2ccccc2C(=O)N1NC(c1ccccc1)(c1ccccc1)c1ccccc1. The molecule has 150 valence electrons. The van der Waals surface area contributed by atoms with Gasteiger partial charge in [0.25, 0.3) is 11.8 Å². The number of imide groups is 1. The molecule has 0 atom stereocenters. The fourth-order valence-electron chi connectivity index (χ4n) is 4.22. The van der Waals surface area contributed by atoms with Crippen molar-refractivity contribution in [2.75, 3.05) is 0 Å². The number of hydrazine groups is 1. The monoisotopic (exact) mass is 404 g/mol. The van der Waals surface area contributed by atoms with Crippen LogP contribution in [-0.2, 0) is 5.54 Å². The van der Waals surface area contributed by atoms with Gasteiger partial charge in [0, 0.05) is 0 Å². The third-order valence-corrected chi connectivity index (χ3v) is 5.69. The molecule has 0 saturated carbocycles. The molecule has 31 heavy (non-hydrogen) atoms. The predicted octanol–water partition coefficient (Wildman–Crippen LogP) is 4.78. The van der Waals surface area contributed by atoms with Crippen molar-refractivity contribution in [3.8, 4) is 0 Å². The molecule has 0 aromatic heterocycles. The van der Waals surface area contributed by atoms with E-state index in [1.54, 1.807) is 24.3 Å². The zero-order chi connectivity index (χ0) is 21.3. The number of rotatable bonds is 5. The van der Waals surface area contributed by atoms with E-state index in [1.807, 2.05) is 91.0 Å². The number of hydrogen-bond acceptors (Lipinski definition) is 3. The molecule has 1 N–H and O–H groups in total. The van der Waals surface area contributed by atoms with Gasteiger partial charge in [-0.3, -0.25) is 9.59 Å². The first-order chi connectivity index (χ1) is 15.2. The van der Waals surface area contributed by atoms with Crippen LogP contribution in [0.2, 0.25) is 0 Å². The Morgan fingerprint density at radius 2 is 0.806 bits per heavy atom. The van der Waals surface area contributed by atoms with E-state index in [0.717, 1.165) is 21.7 Å². The summed E-state index contributed by atoms with van der Waals surface area (Å²) in [4.78, 5) is 26.4. The Hall–Kier alpha value is -4.02. The first-order valence-electron chi connectivity index (χ1n) is 10.1. The zero-order valence-corrected chi connectivity index (χ0v) is 16.7. The predicted molar refractivity (Wildman–Crippen MR) is 119 cm³/mol. The molecule has 0 unspecified atom stereocenters. The smallest absolute Gasteiger partial charge is 0.267 e. The number of hydrogen-bond donors (Lipinski definition) is 1.